The average molecular weight is 408 g/mol. The summed E-state index contributed by atoms with van der Waals surface area (Å²) in [6.07, 6.45) is 4.64. The van der Waals surface area contributed by atoms with Gasteiger partial charge in [0.15, 0.2) is 17.3 Å². The van der Waals surface area contributed by atoms with Gasteiger partial charge in [-0.15, -0.1) is 0 Å². The van der Waals surface area contributed by atoms with Crippen LogP contribution in [0.1, 0.15) is 45.6 Å². The molecule has 0 saturated carbocycles. The first kappa shape index (κ1) is 20.3. The van der Waals surface area contributed by atoms with Crippen LogP contribution in [-0.2, 0) is 17.6 Å². The smallest absolute Gasteiger partial charge is 0.195 e. The second-order valence-corrected chi connectivity index (χ2v) is 7.46. The van der Waals surface area contributed by atoms with Crippen molar-refractivity contribution in [1.29, 1.82) is 0 Å². The third-order valence-corrected chi connectivity index (χ3v) is 5.48. The van der Waals surface area contributed by atoms with Crippen molar-refractivity contribution in [3.63, 3.8) is 0 Å². The maximum Gasteiger partial charge on any atom is 0.195 e. The number of nitrogens with one attached hydrogen (secondary N) is 1. The molecule has 0 atom stereocenters. The van der Waals surface area contributed by atoms with Gasteiger partial charge in [0.25, 0.3) is 0 Å². The van der Waals surface area contributed by atoms with Crippen molar-refractivity contribution in [2.24, 2.45) is 4.99 Å². The molecule has 1 aliphatic rings. The molecule has 0 fully saturated rings. The maximum absolute atomic E-state index is 14.5. The zero-order valence-electron chi connectivity index (χ0n) is 17.3. The van der Waals surface area contributed by atoms with Crippen LogP contribution in [0.3, 0.4) is 0 Å². The minimum Gasteiger partial charge on any atom is -0.494 e. The first-order valence-corrected chi connectivity index (χ1v) is 10.2. The number of carbonyl (C=O) groups excluding carboxylic acids is 1. The zero-order valence-corrected chi connectivity index (χ0v) is 17.3. The zero-order chi connectivity index (χ0) is 21.1. The molecule has 2 heterocycles. The fraction of sp³-hybridized carbons (Fsp3) is 0.333. The molecule has 4 rings (SSSR count). The fourth-order valence-corrected chi connectivity index (χ4v) is 4.07. The number of halogens is 1. The molecule has 0 amide bonds. The first-order valence-electron chi connectivity index (χ1n) is 10.2. The van der Waals surface area contributed by atoms with Crippen LogP contribution < -0.4 is 4.74 Å². The Hall–Kier alpha value is -2.99. The standard InChI is InChI=1S/C24H25FN2O3/c1-26-14-15-7-8-17-21(11-15)27-20-6-4-10-30-9-3-5-16-12-22(29-2)19(25)13-18(16)24(28)23(17)20/h7-8,11-14,27H,3-6,9-10H2,1-2H3. The summed E-state index contributed by atoms with van der Waals surface area (Å²) < 4.78 is 25.4. The number of hydrogen-bond acceptors (Lipinski definition) is 4. The highest BCUT2D eigenvalue weighted by Crippen LogP contribution is 2.31. The van der Waals surface area contributed by atoms with E-state index in [1.165, 1.54) is 13.2 Å². The highest BCUT2D eigenvalue weighted by atomic mass is 19.1. The van der Waals surface area contributed by atoms with Crippen molar-refractivity contribution in [2.45, 2.75) is 25.7 Å². The van der Waals surface area contributed by atoms with Crippen molar-refractivity contribution in [3.05, 3.63) is 64.1 Å². The number of aromatic amines is 1. The number of fused-ring (bicyclic) bond motifs is 4. The predicted molar refractivity (Wildman–Crippen MR) is 116 cm³/mol. The Morgan fingerprint density at radius 2 is 1.97 bits per heavy atom. The largest absolute Gasteiger partial charge is 0.494 e. The number of hydrogen-bond donors (Lipinski definition) is 1. The van der Waals surface area contributed by atoms with Crippen LogP contribution in [-0.4, -0.2) is 44.4 Å². The lowest BCUT2D eigenvalue weighted by molar-refractivity contribution is 0.103. The molecule has 1 N–H and O–H groups in total. The minimum absolute atomic E-state index is 0.150. The van der Waals surface area contributed by atoms with Crippen molar-refractivity contribution in [2.75, 3.05) is 27.4 Å². The van der Waals surface area contributed by atoms with Crippen LogP contribution in [0.4, 0.5) is 4.39 Å². The van der Waals surface area contributed by atoms with E-state index in [2.05, 4.69) is 9.98 Å². The summed E-state index contributed by atoms with van der Waals surface area (Å²) in [6, 6.07) is 8.79. The molecule has 0 bridgehead atoms. The van der Waals surface area contributed by atoms with Gasteiger partial charge in [-0.05, 0) is 55.0 Å². The van der Waals surface area contributed by atoms with E-state index in [1.807, 2.05) is 18.2 Å². The molecule has 156 valence electrons. The molecule has 3 aromatic rings. The number of aliphatic imine (C=N–C) groups is 1. The lowest BCUT2D eigenvalue weighted by Crippen LogP contribution is -2.12. The van der Waals surface area contributed by atoms with Crippen molar-refractivity contribution >= 4 is 22.9 Å². The molecule has 6 heteroatoms. The minimum atomic E-state index is -0.532. The van der Waals surface area contributed by atoms with Crippen LogP contribution in [0, 0.1) is 5.82 Å². The van der Waals surface area contributed by atoms with Gasteiger partial charge in [-0.2, -0.15) is 0 Å². The van der Waals surface area contributed by atoms with Gasteiger partial charge >= 0.3 is 0 Å². The average Bonchev–Trinajstić information content (AvgIpc) is 3.10. The lowest BCUT2D eigenvalue weighted by Gasteiger charge is -2.14. The summed E-state index contributed by atoms with van der Waals surface area (Å²) in [5.41, 5.74) is 4.45. The molecule has 0 spiro atoms. The number of aryl methyl sites for hydroxylation is 2. The molecule has 0 aliphatic carbocycles. The second-order valence-electron chi connectivity index (χ2n) is 7.46. The molecule has 30 heavy (non-hydrogen) atoms. The molecule has 5 nitrogen and oxygen atoms in total. The van der Waals surface area contributed by atoms with Crippen molar-refractivity contribution < 1.29 is 18.7 Å². The van der Waals surface area contributed by atoms with Gasteiger partial charge in [-0.3, -0.25) is 9.79 Å². The summed E-state index contributed by atoms with van der Waals surface area (Å²) in [4.78, 5) is 21.2. The fourth-order valence-electron chi connectivity index (χ4n) is 4.07. The van der Waals surface area contributed by atoms with E-state index in [-0.39, 0.29) is 11.5 Å². The third kappa shape index (κ3) is 3.87. The van der Waals surface area contributed by atoms with Crippen LogP contribution in [0.25, 0.3) is 10.9 Å². The molecule has 0 saturated heterocycles. The molecule has 0 unspecified atom stereocenters. The van der Waals surface area contributed by atoms with Crippen molar-refractivity contribution in [3.8, 4) is 5.75 Å². The number of carbonyl (C=O) groups is 1. The van der Waals surface area contributed by atoms with Crippen molar-refractivity contribution in [1.82, 2.24) is 4.98 Å². The van der Waals surface area contributed by atoms with E-state index in [0.29, 0.717) is 37.2 Å². The number of ether oxygens (including phenoxy) is 2. The first-order chi connectivity index (χ1) is 14.6. The number of H-pyrrole nitrogens is 1. The van der Waals surface area contributed by atoms with Gasteiger partial charge in [0, 0.05) is 48.6 Å². The maximum atomic E-state index is 14.5. The Morgan fingerprint density at radius 3 is 2.73 bits per heavy atom. The van der Waals surface area contributed by atoms with Gasteiger partial charge in [0.1, 0.15) is 0 Å². The van der Waals surface area contributed by atoms with E-state index in [1.54, 1.807) is 19.3 Å². The quantitative estimate of drug-likeness (QED) is 0.636. The van der Waals surface area contributed by atoms with Crippen LogP contribution >= 0.6 is 0 Å². The summed E-state index contributed by atoms with van der Waals surface area (Å²) in [6.45, 7) is 1.24. The summed E-state index contributed by atoms with van der Waals surface area (Å²) in [5, 5.41) is 0.836. The summed E-state index contributed by atoms with van der Waals surface area (Å²) in [7, 11) is 3.15. The number of rotatable bonds is 2. The molecule has 1 aliphatic heterocycles. The highest BCUT2D eigenvalue weighted by molar-refractivity contribution is 6.18. The Kier molecular flexibility index (Phi) is 5.95. The Labute approximate surface area is 174 Å². The SMILES string of the molecule is CN=Cc1ccc2c3c([nH]c2c1)CCCOCCCc1cc(OC)c(F)cc1C3=O. The monoisotopic (exact) mass is 408 g/mol. The van der Waals surface area contributed by atoms with Crippen LogP contribution in [0.15, 0.2) is 35.3 Å². The van der Waals surface area contributed by atoms with E-state index >= 15 is 0 Å². The summed E-state index contributed by atoms with van der Waals surface area (Å²) in [5.74, 6) is -0.542. The normalized spacial score (nSPS) is 15.5. The van der Waals surface area contributed by atoms with E-state index < -0.39 is 5.82 Å². The number of methoxy groups -OCH3 is 1. The highest BCUT2D eigenvalue weighted by Gasteiger charge is 2.24. The van der Waals surface area contributed by atoms with Gasteiger partial charge in [0.05, 0.1) is 12.7 Å². The third-order valence-electron chi connectivity index (χ3n) is 5.48. The molecule has 2 aromatic carbocycles. The van der Waals surface area contributed by atoms with E-state index in [9.17, 15) is 9.18 Å². The predicted octanol–water partition coefficient (Wildman–Crippen LogP) is 4.49. The molecule has 0 radical (unpaired) electrons. The van der Waals surface area contributed by atoms with Gasteiger partial charge in [-0.25, -0.2) is 4.39 Å². The molecular formula is C24H25FN2O3. The Morgan fingerprint density at radius 1 is 1.17 bits per heavy atom. The molecular weight excluding hydrogens is 383 g/mol. The van der Waals surface area contributed by atoms with Gasteiger partial charge < -0.3 is 14.5 Å². The van der Waals surface area contributed by atoms with Crippen LogP contribution in [0.5, 0.6) is 5.75 Å². The van der Waals surface area contributed by atoms with Gasteiger partial charge in [0.2, 0.25) is 0 Å². The van der Waals surface area contributed by atoms with E-state index in [0.717, 1.165) is 40.6 Å². The van der Waals surface area contributed by atoms with Gasteiger partial charge in [-0.1, -0.05) is 12.1 Å². The number of aromatic nitrogens is 1. The Bertz CT molecular complexity index is 1120. The summed E-state index contributed by atoms with van der Waals surface area (Å²) >= 11 is 0. The topological polar surface area (TPSA) is 63.7 Å². The Balaban J connectivity index is 1.90. The lowest BCUT2D eigenvalue weighted by atomic mass is 9.92. The van der Waals surface area contributed by atoms with E-state index in [4.69, 9.17) is 9.47 Å². The second kappa shape index (κ2) is 8.79. The number of ketones is 1. The van der Waals surface area contributed by atoms with Crippen LogP contribution in [0.2, 0.25) is 0 Å². The number of nitrogens with zero attached hydrogens (tertiary/aromatic N) is 1. The number of benzene rings is 2. The molecule has 1 aromatic heterocycles.